The van der Waals surface area contributed by atoms with Crippen molar-refractivity contribution < 1.29 is 28.9 Å². The third-order valence-electron chi connectivity index (χ3n) is 5.32. The van der Waals surface area contributed by atoms with Crippen LogP contribution in [0.5, 0.6) is 17.2 Å². The molecule has 1 heterocycles. The molecule has 0 aromatic heterocycles. The summed E-state index contributed by atoms with van der Waals surface area (Å²) in [5, 5.41) is 15.0. The highest BCUT2D eigenvalue weighted by molar-refractivity contribution is 6.01. The van der Waals surface area contributed by atoms with Crippen LogP contribution in [0.4, 0.5) is 21.9 Å². The van der Waals surface area contributed by atoms with Crippen LogP contribution >= 0.6 is 0 Å². The summed E-state index contributed by atoms with van der Waals surface area (Å²) in [7, 11) is 0. The Kier molecular flexibility index (Phi) is 7.06. The van der Waals surface area contributed by atoms with Crippen molar-refractivity contribution in [3.8, 4) is 17.2 Å². The molecule has 9 heteroatoms. The molecular weight excluding hydrogens is 450 g/mol. The molecule has 3 aromatic carbocycles. The minimum atomic E-state index is -0.740. The van der Waals surface area contributed by atoms with Gasteiger partial charge in [-0.2, -0.15) is 0 Å². The van der Waals surface area contributed by atoms with Gasteiger partial charge in [0.05, 0.1) is 11.4 Å². The fourth-order valence-corrected chi connectivity index (χ4v) is 3.51. The molecule has 2 amide bonds. The van der Waals surface area contributed by atoms with Gasteiger partial charge in [-0.15, -0.1) is 0 Å². The molecule has 0 radical (unpaired) electrons. The van der Waals surface area contributed by atoms with Gasteiger partial charge < -0.3 is 30.4 Å². The summed E-state index contributed by atoms with van der Waals surface area (Å²) >= 11 is 0. The lowest BCUT2D eigenvalue weighted by Crippen LogP contribution is -2.21. The van der Waals surface area contributed by atoms with Gasteiger partial charge in [-0.05, 0) is 48.0 Å². The predicted octanol–water partition coefficient (Wildman–Crippen LogP) is 4.82. The minimum absolute atomic E-state index is 0.0836. The summed E-state index contributed by atoms with van der Waals surface area (Å²) < 4.78 is 16.3. The molecule has 0 spiro atoms. The van der Waals surface area contributed by atoms with Crippen LogP contribution in [0.15, 0.2) is 78.9 Å². The van der Waals surface area contributed by atoms with E-state index in [9.17, 15) is 14.7 Å². The molecule has 2 atom stereocenters. The summed E-state index contributed by atoms with van der Waals surface area (Å²) in [6.07, 6.45) is 1.57. The van der Waals surface area contributed by atoms with E-state index >= 15 is 0 Å². The van der Waals surface area contributed by atoms with Gasteiger partial charge in [0.2, 0.25) is 12.7 Å². The van der Waals surface area contributed by atoms with Gasteiger partial charge in [0.1, 0.15) is 11.9 Å². The second-order valence-corrected chi connectivity index (χ2v) is 7.91. The number of phenols is 1. The number of nitrogens with one attached hydrogen (secondary N) is 2. The highest BCUT2D eigenvalue weighted by atomic mass is 16.7. The van der Waals surface area contributed by atoms with Crippen LogP contribution < -0.4 is 25.8 Å². The van der Waals surface area contributed by atoms with Crippen molar-refractivity contribution in [1.29, 1.82) is 0 Å². The van der Waals surface area contributed by atoms with E-state index in [1.165, 1.54) is 18.2 Å². The number of rotatable bonds is 7. The van der Waals surface area contributed by atoms with E-state index in [-0.39, 0.29) is 24.4 Å². The normalized spacial score (nSPS) is 13.7. The van der Waals surface area contributed by atoms with Gasteiger partial charge in [-0.3, -0.25) is 10.1 Å². The van der Waals surface area contributed by atoms with Gasteiger partial charge in [0.15, 0.2) is 11.5 Å². The number of fused-ring (bicyclic) bond motifs is 1. The van der Waals surface area contributed by atoms with Crippen molar-refractivity contribution in [2.75, 3.05) is 23.2 Å². The summed E-state index contributed by atoms with van der Waals surface area (Å²) in [4.78, 5) is 25.1. The fourth-order valence-electron chi connectivity index (χ4n) is 3.51. The quantitative estimate of drug-likeness (QED) is 0.284. The molecule has 0 aliphatic carbocycles. The van der Waals surface area contributed by atoms with Crippen LogP contribution in [0, 0.1) is 5.92 Å². The fraction of sp³-hybridized carbons (Fsp3) is 0.154. The highest BCUT2D eigenvalue weighted by Gasteiger charge is 2.23. The van der Waals surface area contributed by atoms with Crippen molar-refractivity contribution in [3.05, 3.63) is 84.4 Å². The molecule has 0 saturated heterocycles. The Morgan fingerprint density at radius 3 is 2.54 bits per heavy atom. The maximum Gasteiger partial charge on any atom is 0.412 e. The summed E-state index contributed by atoms with van der Waals surface area (Å²) in [5.41, 5.74) is 7.95. The summed E-state index contributed by atoms with van der Waals surface area (Å²) in [5.74, 6) is 0.449. The predicted molar refractivity (Wildman–Crippen MR) is 131 cm³/mol. The number of amides is 2. The molecule has 1 aliphatic rings. The number of phenolic OH excluding ortho intramolecular Hbond substituents is 1. The number of carbonyl (C=O) groups is 2. The molecular formula is C26H25N3O6. The Labute approximate surface area is 202 Å². The standard InChI is InChI=1S/C26H25N3O6/c1-16(6-13-24(31)29-21-5-3-2-4-20(21)27)25(17-7-10-19(30)11-8-17)35-26(32)28-18-9-12-22-23(14-18)34-15-33-22/h2-14,16,25,30H,15,27H2,1H3,(H,28,32)(H,29,31)/b13-6+/t16-,25-/m0/s1. The van der Waals surface area contributed by atoms with E-state index < -0.39 is 12.2 Å². The number of nitrogens with two attached hydrogens (primary N) is 1. The van der Waals surface area contributed by atoms with E-state index in [1.54, 1.807) is 60.7 Å². The van der Waals surface area contributed by atoms with Crippen molar-refractivity contribution in [2.45, 2.75) is 13.0 Å². The van der Waals surface area contributed by atoms with E-state index in [2.05, 4.69) is 10.6 Å². The van der Waals surface area contributed by atoms with Gasteiger partial charge in [0.25, 0.3) is 0 Å². The Bertz CT molecular complexity index is 1240. The maximum atomic E-state index is 12.7. The number of carbonyl (C=O) groups excluding carboxylic acids is 2. The van der Waals surface area contributed by atoms with Crippen LogP contribution in [0.3, 0.4) is 0 Å². The average molecular weight is 476 g/mol. The first-order valence-corrected chi connectivity index (χ1v) is 10.9. The van der Waals surface area contributed by atoms with Gasteiger partial charge in [-0.1, -0.05) is 37.3 Å². The molecule has 0 unspecified atom stereocenters. The number of nitrogen functional groups attached to an aromatic ring is 1. The van der Waals surface area contributed by atoms with Crippen LogP contribution in [-0.4, -0.2) is 23.9 Å². The number of aromatic hydroxyl groups is 1. The molecule has 0 bridgehead atoms. The van der Waals surface area contributed by atoms with Gasteiger partial charge in [-0.25, -0.2) is 4.79 Å². The molecule has 0 saturated carbocycles. The van der Waals surface area contributed by atoms with Gasteiger partial charge >= 0.3 is 6.09 Å². The van der Waals surface area contributed by atoms with E-state index in [1.807, 2.05) is 6.92 Å². The lowest BCUT2D eigenvalue weighted by molar-refractivity contribution is -0.111. The zero-order valence-electron chi connectivity index (χ0n) is 18.9. The Morgan fingerprint density at radius 2 is 1.77 bits per heavy atom. The molecule has 35 heavy (non-hydrogen) atoms. The topological polar surface area (TPSA) is 132 Å². The van der Waals surface area contributed by atoms with Crippen LogP contribution in [0.2, 0.25) is 0 Å². The molecule has 5 N–H and O–H groups in total. The molecule has 3 aromatic rings. The number of anilines is 3. The van der Waals surface area contributed by atoms with E-state index in [4.69, 9.17) is 19.9 Å². The van der Waals surface area contributed by atoms with Crippen molar-refractivity contribution in [3.63, 3.8) is 0 Å². The molecule has 0 fully saturated rings. The summed E-state index contributed by atoms with van der Waals surface area (Å²) in [6, 6.07) is 18.3. The Balaban J connectivity index is 1.46. The average Bonchev–Trinajstić information content (AvgIpc) is 3.31. The Morgan fingerprint density at radius 1 is 1.03 bits per heavy atom. The first-order valence-electron chi connectivity index (χ1n) is 10.9. The molecule has 9 nitrogen and oxygen atoms in total. The van der Waals surface area contributed by atoms with E-state index in [0.29, 0.717) is 34.1 Å². The van der Waals surface area contributed by atoms with E-state index in [0.717, 1.165) is 0 Å². The lowest BCUT2D eigenvalue weighted by Gasteiger charge is -2.23. The monoisotopic (exact) mass is 475 g/mol. The number of hydrogen-bond donors (Lipinski definition) is 4. The van der Waals surface area contributed by atoms with Gasteiger partial charge in [0, 0.05) is 17.7 Å². The highest BCUT2D eigenvalue weighted by Crippen LogP contribution is 2.35. The second-order valence-electron chi connectivity index (χ2n) is 7.91. The van der Waals surface area contributed by atoms with Crippen LogP contribution in [-0.2, 0) is 9.53 Å². The van der Waals surface area contributed by atoms with Crippen molar-refractivity contribution >= 4 is 29.1 Å². The SMILES string of the molecule is C[C@@H](/C=C/C(=O)Nc1ccccc1N)[C@H](OC(=O)Nc1ccc2c(c1)OCO2)c1ccc(O)cc1. The minimum Gasteiger partial charge on any atom is -0.508 e. The summed E-state index contributed by atoms with van der Waals surface area (Å²) in [6.45, 7) is 1.94. The zero-order valence-corrected chi connectivity index (χ0v) is 18.9. The third-order valence-corrected chi connectivity index (χ3v) is 5.32. The number of benzene rings is 3. The van der Waals surface area contributed by atoms with Crippen molar-refractivity contribution in [1.82, 2.24) is 0 Å². The lowest BCUT2D eigenvalue weighted by atomic mass is 9.96. The van der Waals surface area contributed by atoms with Crippen molar-refractivity contribution in [2.24, 2.45) is 5.92 Å². The van der Waals surface area contributed by atoms with Crippen LogP contribution in [0.1, 0.15) is 18.6 Å². The second kappa shape index (κ2) is 10.5. The first kappa shape index (κ1) is 23.5. The molecule has 1 aliphatic heterocycles. The molecule has 180 valence electrons. The third kappa shape index (κ3) is 6.02. The molecule has 4 rings (SSSR count). The maximum absolute atomic E-state index is 12.7. The smallest absolute Gasteiger partial charge is 0.412 e. The number of hydrogen-bond acceptors (Lipinski definition) is 7. The Hall–Kier alpha value is -4.66. The number of para-hydroxylation sites is 2. The zero-order chi connectivity index (χ0) is 24.8. The van der Waals surface area contributed by atoms with Crippen LogP contribution in [0.25, 0.3) is 0 Å². The number of ether oxygens (including phenoxy) is 3. The largest absolute Gasteiger partial charge is 0.508 e. The first-order chi connectivity index (χ1) is 16.9.